The first kappa shape index (κ1) is 23.1. The molecule has 0 aliphatic carbocycles. The zero-order valence-electron chi connectivity index (χ0n) is 18.6. The number of halogens is 1. The maximum absolute atomic E-state index is 12.6. The van der Waals surface area contributed by atoms with Gasteiger partial charge >= 0.3 is 0 Å². The van der Waals surface area contributed by atoms with Gasteiger partial charge in [0.2, 0.25) is 11.8 Å². The van der Waals surface area contributed by atoms with Gasteiger partial charge in [0.15, 0.2) is 0 Å². The maximum atomic E-state index is 12.6. The summed E-state index contributed by atoms with van der Waals surface area (Å²) in [5, 5.41) is 12.1. The number of carbonyl (C=O) groups is 2. The summed E-state index contributed by atoms with van der Waals surface area (Å²) in [5.41, 5.74) is 2.28. The molecule has 0 aromatic carbocycles. The lowest BCUT2D eigenvalue weighted by Gasteiger charge is -2.30. The van der Waals surface area contributed by atoms with Crippen molar-refractivity contribution in [3.8, 4) is 0 Å². The van der Waals surface area contributed by atoms with Crippen LogP contribution in [-0.2, 0) is 22.7 Å². The second-order valence-electron chi connectivity index (χ2n) is 8.37. The molecule has 1 fully saturated rings. The Balaban J connectivity index is 1.53. The minimum absolute atomic E-state index is 0.0155. The van der Waals surface area contributed by atoms with Gasteiger partial charge in [-0.2, -0.15) is 10.2 Å². The highest BCUT2D eigenvalue weighted by atomic mass is 35.5. The summed E-state index contributed by atoms with van der Waals surface area (Å²) in [5.74, 6) is 0.231. The quantitative estimate of drug-likeness (QED) is 0.658. The predicted octanol–water partition coefficient (Wildman–Crippen LogP) is 3.61. The molecule has 2 aromatic heterocycles. The average molecular weight is 447 g/mol. The molecule has 1 aliphatic heterocycles. The smallest absolute Gasteiger partial charge is 0.246 e. The molecule has 0 radical (unpaired) electrons. The van der Waals surface area contributed by atoms with Crippen molar-refractivity contribution >= 4 is 35.2 Å². The molecule has 1 saturated heterocycles. The fraction of sp³-hybridized carbons (Fsp3) is 0.545. The lowest BCUT2D eigenvalue weighted by molar-refractivity contribution is -0.130. The monoisotopic (exact) mass is 446 g/mol. The van der Waals surface area contributed by atoms with Gasteiger partial charge in [-0.05, 0) is 38.7 Å². The van der Waals surface area contributed by atoms with Crippen LogP contribution in [0.1, 0.15) is 44.9 Å². The Morgan fingerprint density at radius 1 is 1.32 bits per heavy atom. The van der Waals surface area contributed by atoms with Crippen LogP contribution >= 0.6 is 11.6 Å². The minimum Gasteiger partial charge on any atom is -0.339 e. The molecule has 0 saturated carbocycles. The average Bonchev–Trinajstić information content (AvgIpc) is 3.30. The third kappa shape index (κ3) is 5.76. The Labute approximate surface area is 188 Å². The van der Waals surface area contributed by atoms with E-state index in [4.69, 9.17) is 11.6 Å². The Bertz CT molecular complexity index is 953. The Morgan fingerprint density at radius 3 is 2.65 bits per heavy atom. The highest BCUT2D eigenvalue weighted by Crippen LogP contribution is 2.23. The molecule has 3 heterocycles. The van der Waals surface area contributed by atoms with Crippen molar-refractivity contribution in [3.05, 3.63) is 34.9 Å². The number of rotatable bonds is 7. The van der Waals surface area contributed by atoms with Crippen LogP contribution in [0.25, 0.3) is 6.08 Å². The maximum Gasteiger partial charge on any atom is 0.246 e. The van der Waals surface area contributed by atoms with Gasteiger partial charge in [-0.15, -0.1) is 0 Å². The summed E-state index contributed by atoms with van der Waals surface area (Å²) in [6, 6.07) is 0. The SMILES string of the molecule is CCn1cc(NC(=O)C2CCN(C(=O)C=Cc3c(C)nn(CC(C)C)c3Cl)CC2)cn1. The van der Waals surface area contributed by atoms with Gasteiger partial charge in [-0.1, -0.05) is 25.4 Å². The number of aryl methyl sites for hydroxylation is 2. The third-order valence-electron chi connectivity index (χ3n) is 5.44. The van der Waals surface area contributed by atoms with E-state index in [9.17, 15) is 9.59 Å². The van der Waals surface area contributed by atoms with Crippen molar-refractivity contribution in [2.24, 2.45) is 11.8 Å². The molecule has 1 aliphatic rings. The summed E-state index contributed by atoms with van der Waals surface area (Å²) < 4.78 is 3.55. The van der Waals surface area contributed by atoms with E-state index in [1.54, 1.807) is 32.6 Å². The summed E-state index contributed by atoms with van der Waals surface area (Å²) >= 11 is 6.45. The van der Waals surface area contributed by atoms with E-state index >= 15 is 0 Å². The highest BCUT2D eigenvalue weighted by molar-refractivity contribution is 6.31. The van der Waals surface area contributed by atoms with Crippen LogP contribution in [-0.4, -0.2) is 49.4 Å². The van der Waals surface area contributed by atoms with Crippen molar-refractivity contribution in [2.75, 3.05) is 18.4 Å². The molecule has 3 rings (SSSR count). The van der Waals surface area contributed by atoms with Gasteiger partial charge in [0.1, 0.15) is 5.15 Å². The number of hydrogen-bond donors (Lipinski definition) is 1. The summed E-state index contributed by atoms with van der Waals surface area (Å²) in [6.07, 6.45) is 8.04. The van der Waals surface area contributed by atoms with Crippen LogP contribution in [0.2, 0.25) is 5.15 Å². The molecule has 1 N–H and O–H groups in total. The number of likely N-dealkylation sites (tertiary alicyclic amines) is 1. The van der Waals surface area contributed by atoms with Gasteiger partial charge in [-0.25, -0.2) is 0 Å². The molecule has 168 valence electrons. The van der Waals surface area contributed by atoms with Crippen LogP contribution in [0.5, 0.6) is 0 Å². The van der Waals surface area contributed by atoms with Crippen molar-refractivity contribution in [1.82, 2.24) is 24.5 Å². The van der Waals surface area contributed by atoms with E-state index in [0.29, 0.717) is 42.7 Å². The molecule has 0 atom stereocenters. The third-order valence-corrected chi connectivity index (χ3v) is 5.84. The number of carbonyl (C=O) groups excluding carboxylic acids is 2. The Morgan fingerprint density at radius 2 is 2.03 bits per heavy atom. The highest BCUT2D eigenvalue weighted by Gasteiger charge is 2.27. The molecule has 0 spiro atoms. The zero-order valence-corrected chi connectivity index (χ0v) is 19.4. The van der Waals surface area contributed by atoms with Crippen LogP contribution in [0, 0.1) is 18.8 Å². The van der Waals surface area contributed by atoms with E-state index in [-0.39, 0.29) is 17.7 Å². The van der Waals surface area contributed by atoms with Crippen LogP contribution < -0.4 is 5.32 Å². The van der Waals surface area contributed by atoms with E-state index < -0.39 is 0 Å². The van der Waals surface area contributed by atoms with Gasteiger partial charge in [0, 0.05) is 49.9 Å². The largest absolute Gasteiger partial charge is 0.339 e. The van der Waals surface area contributed by atoms with Gasteiger partial charge < -0.3 is 10.2 Å². The molecule has 2 aromatic rings. The first-order valence-corrected chi connectivity index (χ1v) is 11.2. The summed E-state index contributed by atoms with van der Waals surface area (Å²) in [4.78, 5) is 26.9. The summed E-state index contributed by atoms with van der Waals surface area (Å²) in [6.45, 7) is 10.7. The molecular formula is C22H31ClN6O2. The van der Waals surface area contributed by atoms with Gasteiger partial charge in [-0.3, -0.25) is 19.0 Å². The number of piperidine rings is 1. The minimum atomic E-state index is -0.107. The molecule has 8 nitrogen and oxygen atoms in total. The fourth-order valence-electron chi connectivity index (χ4n) is 3.69. The van der Waals surface area contributed by atoms with Crippen LogP contribution in [0.4, 0.5) is 5.69 Å². The first-order chi connectivity index (χ1) is 14.8. The normalized spacial score (nSPS) is 15.2. The Hall–Kier alpha value is -2.61. The molecular weight excluding hydrogens is 416 g/mol. The van der Waals surface area contributed by atoms with Gasteiger partial charge in [0.25, 0.3) is 0 Å². The standard InChI is InChI=1S/C22H31ClN6O2/c1-5-28-14-18(12-24-28)25-22(31)17-8-10-27(11-9-17)20(30)7-6-19-16(4)26-29(21(19)23)13-15(2)3/h6-7,12,14-15,17H,5,8-11,13H2,1-4H3,(H,25,31). The lowest BCUT2D eigenvalue weighted by Crippen LogP contribution is -2.40. The number of aromatic nitrogens is 4. The van der Waals surface area contributed by atoms with Crippen molar-refractivity contribution in [2.45, 2.75) is 53.6 Å². The molecule has 31 heavy (non-hydrogen) atoms. The van der Waals surface area contributed by atoms with E-state index in [0.717, 1.165) is 24.3 Å². The predicted molar refractivity (Wildman–Crippen MR) is 122 cm³/mol. The van der Waals surface area contributed by atoms with E-state index in [1.807, 2.05) is 20.0 Å². The summed E-state index contributed by atoms with van der Waals surface area (Å²) in [7, 11) is 0. The van der Waals surface area contributed by atoms with E-state index in [2.05, 4.69) is 29.4 Å². The molecule has 9 heteroatoms. The number of anilines is 1. The van der Waals surface area contributed by atoms with Crippen molar-refractivity contribution in [3.63, 3.8) is 0 Å². The number of hydrogen-bond acceptors (Lipinski definition) is 4. The van der Waals surface area contributed by atoms with Gasteiger partial charge in [0.05, 0.1) is 17.6 Å². The van der Waals surface area contributed by atoms with Crippen LogP contribution in [0.3, 0.4) is 0 Å². The van der Waals surface area contributed by atoms with E-state index in [1.165, 1.54) is 0 Å². The molecule has 0 bridgehead atoms. The number of nitrogens with one attached hydrogen (secondary N) is 1. The number of amides is 2. The second kappa shape index (κ2) is 10.1. The fourth-order valence-corrected chi connectivity index (χ4v) is 4.00. The Kier molecular flexibility index (Phi) is 7.54. The van der Waals surface area contributed by atoms with Crippen molar-refractivity contribution in [1.29, 1.82) is 0 Å². The lowest BCUT2D eigenvalue weighted by atomic mass is 9.95. The van der Waals surface area contributed by atoms with Crippen molar-refractivity contribution < 1.29 is 9.59 Å². The molecule has 2 amide bonds. The van der Waals surface area contributed by atoms with Crippen LogP contribution in [0.15, 0.2) is 18.5 Å². The second-order valence-corrected chi connectivity index (χ2v) is 8.73. The topological polar surface area (TPSA) is 85.0 Å². The number of nitrogens with zero attached hydrogens (tertiary/aromatic N) is 5. The molecule has 0 unspecified atom stereocenters. The zero-order chi connectivity index (χ0) is 22.5. The first-order valence-electron chi connectivity index (χ1n) is 10.8.